The number of amidine groups is 1. The van der Waals surface area contributed by atoms with E-state index in [1.807, 2.05) is 0 Å². The number of halogens is 1. The van der Waals surface area contributed by atoms with Gasteiger partial charge in [0.15, 0.2) is 0 Å². The third kappa shape index (κ3) is 3.23. The number of methoxy groups -OCH3 is 1. The van der Waals surface area contributed by atoms with Crippen molar-refractivity contribution in [2.45, 2.75) is 0 Å². The monoisotopic (exact) mass is 321 g/mol. The van der Waals surface area contributed by atoms with Crippen LogP contribution < -0.4 is 15.2 Å². The van der Waals surface area contributed by atoms with Crippen molar-refractivity contribution in [3.05, 3.63) is 46.7 Å². The highest BCUT2D eigenvalue weighted by atomic mass is 79.9. The molecule has 1 aromatic heterocycles. The van der Waals surface area contributed by atoms with E-state index in [2.05, 4.69) is 20.9 Å². The highest BCUT2D eigenvalue weighted by Crippen LogP contribution is 2.29. The molecule has 1 aromatic carbocycles. The van der Waals surface area contributed by atoms with Crippen LogP contribution in [0, 0.1) is 5.41 Å². The molecule has 2 rings (SSSR count). The molecule has 0 saturated heterocycles. The summed E-state index contributed by atoms with van der Waals surface area (Å²) in [5, 5.41) is 7.54. The minimum absolute atomic E-state index is 0.0689. The zero-order chi connectivity index (χ0) is 13.8. The number of nitrogens with zero attached hydrogens (tertiary/aromatic N) is 1. The Hall–Kier alpha value is -2.08. The molecule has 6 heteroatoms. The van der Waals surface area contributed by atoms with Crippen LogP contribution in [-0.4, -0.2) is 17.9 Å². The Bertz CT molecular complexity index is 617. The van der Waals surface area contributed by atoms with E-state index in [1.165, 1.54) is 0 Å². The molecule has 2 aromatic rings. The summed E-state index contributed by atoms with van der Waals surface area (Å²) in [5.74, 6) is 1.56. The van der Waals surface area contributed by atoms with E-state index in [4.69, 9.17) is 20.6 Å². The molecular weight excluding hydrogens is 310 g/mol. The van der Waals surface area contributed by atoms with Gasteiger partial charge in [-0.3, -0.25) is 10.4 Å². The van der Waals surface area contributed by atoms with Crippen LogP contribution in [0.15, 0.2) is 41.1 Å². The number of pyridine rings is 1. The minimum atomic E-state index is -0.0689. The molecule has 0 aliphatic rings. The second kappa shape index (κ2) is 5.71. The maximum absolute atomic E-state index is 7.54. The van der Waals surface area contributed by atoms with E-state index in [-0.39, 0.29) is 5.84 Å². The summed E-state index contributed by atoms with van der Waals surface area (Å²) < 4.78 is 11.6. The first-order valence-electron chi connectivity index (χ1n) is 5.41. The lowest BCUT2D eigenvalue weighted by molar-refractivity contribution is 0.408. The van der Waals surface area contributed by atoms with Crippen LogP contribution in [0.1, 0.15) is 5.56 Å². The van der Waals surface area contributed by atoms with Crippen LogP contribution in [0.25, 0.3) is 0 Å². The highest BCUT2D eigenvalue weighted by molar-refractivity contribution is 9.10. The Morgan fingerprint density at radius 3 is 2.68 bits per heavy atom. The van der Waals surface area contributed by atoms with Gasteiger partial charge in [0.2, 0.25) is 0 Å². The molecule has 0 atom stereocenters. The van der Waals surface area contributed by atoms with Gasteiger partial charge in [-0.15, -0.1) is 0 Å². The van der Waals surface area contributed by atoms with Gasteiger partial charge in [-0.1, -0.05) is 0 Å². The van der Waals surface area contributed by atoms with Crippen molar-refractivity contribution in [3.63, 3.8) is 0 Å². The first-order chi connectivity index (χ1) is 9.10. The van der Waals surface area contributed by atoms with Gasteiger partial charge < -0.3 is 15.2 Å². The van der Waals surface area contributed by atoms with E-state index in [9.17, 15) is 0 Å². The van der Waals surface area contributed by atoms with Crippen LogP contribution >= 0.6 is 15.9 Å². The van der Waals surface area contributed by atoms with Gasteiger partial charge in [-0.2, -0.15) is 0 Å². The summed E-state index contributed by atoms with van der Waals surface area (Å²) in [6.07, 6.45) is 3.23. The fourth-order valence-corrected chi connectivity index (χ4v) is 1.86. The van der Waals surface area contributed by atoms with Crippen molar-refractivity contribution >= 4 is 21.8 Å². The van der Waals surface area contributed by atoms with E-state index in [0.29, 0.717) is 22.8 Å². The summed E-state index contributed by atoms with van der Waals surface area (Å²) in [6.45, 7) is 0. The largest absolute Gasteiger partial charge is 0.497 e. The van der Waals surface area contributed by atoms with Crippen molar-refractivity contribution in [1.29, 1.82) is 5.41 Å². The van der Waals surface area contributed by atoms with Crippen molar-refractivity contribution in [3.8, 4) is 17.2 Å². The standard InChI is InChI=1S/C13H12BrN3O2/c1-18-9-2-3-11(13(15)16)12(5-9)19-10-4-8(14)6-17-7-10/h2-7H,1H3,(H3,15,16). The van der Waals surface area contributed by atoms with Crippen LogP contribution in [0.2, 0.25) is 0 Å². The molecule has 98 valence electrons. The van der Waals surface area contributed by atoms with Crippen molar-refractivity contribution < 1.29 is 9.47 Å². The molecule has 0 aliphatic carbocycles. The zero-order valence-electron chi connectivity index (χ0n) is 10.2. The molecular formula is C13H12BrN3O2. The van der Waals surface area contributed by atoms with Gasteiger partial charge in [0.05, 0.1) is 18.9 Å². The Kier molecular flexibility index (Phi) is 4.01. The van der Waals surface area contributed by atoms with Crippen molar-refractivity contribution in [2.75, 3.05) is 7.11 Å². The SMILES string of the molecule is COc1ccc(C(=N)N)c(Oc2cncc(Br)c2)c1. The van der Waals surface area contributed by atoms with Crippen LogP contribution in [0.5, 0.6) is 17.2 Å². The molecule has 0 spiro atoms. The van der Waals surface area contributed by atoms with E-state index < -0.39 is 0 Å². The normalized spacial score (nSPS) is 10.0. The number of aromatic nitrogens is 1. The van der Waals surface area contributed by atoms with Crippen molar-refractivity contribution in [1.82, 2.24) is 4.98 Å². The van der Waals surface area contributed by atoms with Crippen LogP contribution in [0.3, 0.4) is 0 Å². The number of nitrogens with two attached hydrogens (primary N) is 1. The molecule has 0 radical (unpaired) electrons. The van der Waals surface area contributed by atoms with Gasteiger partial charge in [-0.25, -0.2) is 0 Å². The Morgan fingerprint density at radius 2 is 2.05 bits per heavy atom. The lowest BCUT2D eigenvalue weighted by Crippen LogP contribution is -2.12. The summed E-state index contributed by atoms with van der Waals surface area (Å²) >= 11 is 3.32. The Balaban J connectivity index is 2.39. The van der Waals surface area contributed by atoms with Gasteiger partial charge >= 0.3 is 0 Å². The maximum atomic E-state index is 7.54. The average molecular weight is 322 g/mol. The van der Waals surface area contributed by atoms with Gasteiger partial charge in [-0.05, 0) is 34.1 Å². The summed E-state index contributed by atoms with van der Waals surface area (Å²) in [7, 11) is 1.56. The zero-order valence-corrected chi connectivity index (χ0v) is 11.8. The summed E-state index contributed by atoms with van der Waals surface area (Å²) in [5.41, 5.74) is 6.03. The Labute approximate surface area is 119 Å². The molecule has 3 N–H and O–H groups in total. The smallest absolute Gasteiger partial charge is 0.146 e. The van der Waals surface area contributed by atoms with E-state index >= 15 is 0 Å². The first kappa shape index (κ1) is 13.4. The Morgan fingerprint density at radius 1 is 1.26 bits per heavy atom. The summed E-state index contributed by atoms with van der Waals surface area (Å²) in [4.78, 5) is 4.01. The molecule has 0 amide bonds. The van der Waals surface area contributed by atoms with Crippen LogP contribution in [-0.2, 0) is 0 Å². The number of nitrogens with one attached hydrogen (secondary N) is 1. The van der Waals surface area contributed by atoms with Gasteiger partial charge in [0.1, 0.15) is 23.1 Å². The molecule has 0 saturated carbocycles. The lowest BCUT2D eigenvalue weighted by atomic mass is 10.1. The fraction of sp³-hybridized carbons (Fsp3) is 0.0769. The number of hydrogen-bond donors (Lipinski definition) is 2. The summed E-state index contributed by atoms with van der Waals surface area (Å²) in [6, 6.07) is 6.86. The maximum Gasteiger partial charge on any atom is 0.146 e. The second-order valence-electron chi connectivity index (χ2n) is 3.72. The highest BCUT2D eigenvalue weighted by Gasteiger charge is 2.10. The molecule has 5 nitrogen and oxygen atoms in total. The number of rotatable bonds is 4. The van der Waals surface area contributed by atoms with Crippen molar-refractivity contribution in [2.24, 2.45) is 5.73 Å². The molecule has 0 aliphatic heterocycles. The molecule has 0 unspecified atom stereocenters. The number of hydrogen-bond acceptors (Lipinski definition) is 4. The van der Waals surface area contributed by atoms with Gasteiger partial charge in [0.25, 0.3) is 0 Å². The predicted molar refractivity (Wildman–Crippen MR) is 76.0 cm³/mol. The number of ether oxygens (including phenoxy) is 2. The second-order valence-corrected chi connectivity index (χ2v) is 4.63. The minimum Gasteiger partial charge on any atom is -0.497 e. The molecule has 0 fully saturated rings. The first-order valence-corrected chi connectivity index (χ1v) is 6.20. The van der Waals surface area contributed by atoms with E-state index in [0.717, 1.165) is 4.47 Å². The number of nitrogen functional groups attached to an aromatic ring is 1. The lowest BCUT2D eigenvalue weighted by Gasteiger charge is -2.11. The topological polar surface area (TPSA) is 81.2 Å². The number of benzene rings is 1. The predicted octanol–water partition coefficient (Wildman–Crippen LogP) is 2.93. The third-order valence-corrected chi connectivity index (χ3v) is 2.82. The molecule has 1 heterocycles. The van der Waals surface area contributed by atoms with E-state index in [1.54, 1.807) is 43.8 Å². The van der Waals surface area contributed by atoms with Crippen LogP contribution in [0.4, 0.5) is 0 Å². The third-order valence-electron chi connectivity index (χ3n) is 2.39. The fourth-order valence-electron chi connectivity index (χ4n) is 1.51. The molecule has 0 bridgehead atoms. The van der Waals surface area contributed by atoms with Gasteiger partial charge in [0, 0.05) is 16.7 Å². The quantitative estimate of drug-likeness (QED) is 0.670. The molecule has 19 heavy (non-hydrogen) atoms. The average Bonchev–Trinajstić information content (AvgIpc) is 2.38.